The molecule has 0 bridgehead atoms. The molecule has 0 spiro atoms. The topological polar surface area (TPSA) is 66.2 Å². The highest BCUT2D eigenvalue weighted by Crippen LogP contribution is 1.98. The summed E-state index contributed by atoms with van der Waals surface area (Å²) in [5.74, 6) is 0. The fourth-order valence-corrected chi connectivity index (χ4v) is 0.781. The quantitative estimate of drug-likeness (QED) is 0.572. The van der Waals surface area contributed by atoms with Crippen LogP contribution in [-0.2, 0) is 17.7 Å². The monoisotopic (exact) mass is 198 g/mol. The summed E-state index contributed by atoms with van der Waals surface area (Å²) in [6.45, 7) is 3.66. The van der Waals surface area contributed by atoms with Crippen LogP contribution in [0.1, 0.15) is 5.56 Å². The highest BCUT2D eigenvalue weighted by molar-refractivity contribution is 7.76. The number of hydrogen-bond acceptors (Lipinski definition) is 2. The van der Waals surface area contributed by atoms with Crippen molar-refractivity contribution in [3.8, 4) is 0 Å². The Kier molecular flexibility index (Phi) is 7.10. The number of hydrogen-bond donors (Lipinski definition) is 1. The largest absolute Gasteiger partial charge is 0.760 e. The van der Waals surface area contributed by atoms with E-state index in [0.717, 1.165) is 6.42 Å². The second kappa shape index (κ2) is 7.67. The van der Waals surface area contributed by atoms with Gasteiger partial charge in [-0.1, -0.05) is 36.4 Å². The molecule has 0 aliphatic carbocycles. The Morgan fingerprint density at radius 1 is 1.46 bits per heavy atom. The van der Waals surface area contributed by atoms with Gasteiger partial charge in [-0.15, -0.1) is 6.58 Å². The van der Waals surface area contributed by atoms with Crippen LogP contribution >= 0.6 is 0 Å². The zero-order valence-electron chi connectivity index (χ0n) is 7.18. The Labute approximate surface area is 80.7 Å². The maximum Gasteiger partial charge on any atom is 0.0152 e. The van der Waals surface area contributed by atoms with Gasteiger partial charge in [0.05, 0.1) is 0 Å². The first kappa shape index (κ1) is 12.0. The Morgan fingerprint density at radius 3 is 2.31 bits per heavy atom. The van der Waals surface area contributed by atoms with Crippen LogP contribution < -0.4 is 5.14 Å². The van der Waals surface area contributed by atoms with E-state index in [1.807, 2.05) is 24.3 Å². The molecule has 13 heavy (non-hydrogen) atoms. The zero-order valence-corrected chi connectivity index (χ0v) is 8.00. The first-order chi connectivity index (χ1) is 6.16. The lowest BCUT2D eigenvalue weighted by Gasteiger charge is -1.91. The summed E-state index contributed by atoms with van der Waals surface area (Å²) in [6, 6.07) is 10.3. The van der Waals surface area contributed by atoms with Gasteiger partial charge in [0, 0.05) is 11.3 Å². The molecule has 4 heteroatoms. The molecule has 0 aliphatic heterocycles. The SMILES string of the molecule is C=CCc1ccccc1.NS(=O)[O-]. The molecule has 1 unspecified atom stereocenters. The van der Waals surface area contributed by atoms with E-state index in [1.54, 1.807) is 0 Å². The van der Waals surface area contributed by atoms with Gasteiger partial charge in [-0.25, -0.2) is 0 Å². The first-order valence-electron chi connectivity index (χ1n) is 3.65. The average Bonchev–Trinajstić information content (AvgIpc) is 2.06. The third-order valence-corrected chi connectivity index (χ3v) is 1.22. The number of allylic oxidation sites excluding steroid dienone is 1. The van der Waals surface area contributed by atoms with Gasteiger partial charge in [-0.2, -0.15) is 0 Å². The number of rotatable bonds is 2. The first-order valence-corrected chi connectivity index (χ1v) is 4.79. The standard InChI is InChI=1S/C9H10.H3NO2S/c1-2-6-9-7-4-3-5-8-9;1-4(2)3/h2-5,7-8H,1,6H2;1H2,(H,2,3)/p-1. The summed E-state index contributed by atoms with van der Waals surface area (Å²) in [5.41, 5.74) is 1.33. The van der Waals surface area contributed by atoms with E-state index in [4.69, 9.17) is 8.76 Å². The zero-order chi connectivity index (χ0) is 10.1. The molecule has 3 nitrogen and oxygen atoms in total. The molecule has 2 N–H and O–H groups in total. The lowest BCUT2D eigenvalue weighted by molar-refractivity contribution is 0.539. The minimum absolute atomic E-state index is 0.973. The van der Waals surface area contributed by atoms with E-state index in [1.165, 1.54) is 5.56 Å². The Hall–Kier alpha value is -0.970. The van der Waals surface area contributed by atoms with Crippen molar-refractivity contribution in [2.45, 2.75) is 6.42 Å². The Balaban J connectivity index is 0.000000310. The van der Waals surface area contributed by atoms with E-state index >= 15 is 0 Å². The van der Waals surface area contributed by atoms with Crippen LogP contribution in [0.25, 0.3) is 0 Å². The van der Waals surface area contributed by atoms with Crippen molar-refractivity contribution in [2.24, 2.45) is 5.14 Å². The molecular weight excluding hydrogens is 186 g/mol. The van der Waals surface area contributed by atoms with Crippen molar-refractivity contribution < 1.29 is 8.76 Å². The molecule has 0 saturated heterocycles. The van der Waals surface area contributed by atoms with Crippen LogP contribution in [0.5, 0.6) is 0 Å². The molecule has 0 heterocycles. The van der Waals surface area contributed by atoms with Crippen LogP contribution in [0, 0.1) is 0 Å². The van der Waals surface area contributed by atoms with E-state index in [9.17, 15) is 0 Å². The van der Waals surface area contributed by atoms with E-state index in [0.29, 0.717) is 0 Å². The van der Waals surface area contributed by atoms with Crippen LogP contribution in [0.2, 0.25) is 0 Å². The third-order valence-electron chi connectivity index (χ3n) is 1.22. The smallest absolute Gasteiger partial charge is 0.0152 e. The lowest BCUT2D eigenvalue weighted by Crippen LogP contribution is -1.97. The Bertz CT molecular complexity index is 258. The molecule has 1 rings (SSSR count). The summed E-state index contributed by atoms with van der Waals surface area (Å²) in [7, 11) is 0. The molecule has 1 atom stereocenters. The molecule has 1 aromatic rings. The molecule has 0 amide bonds. The molecule has 1 aromatic carbocycles. The molecule has 0 saturated carbocycles. The summed E-state index contributed by atoms with van der Waals surface area (Å²) in [4.78, 5) is 0. The highest BCUT2D eigenvalue weighted by Gasteiger charge is 1.82. The van der Waals surface area contributed by atoms with Crippen molar-refractivity contribution in [3.05, 3.63) is 48.6 Å². The summed E-state index contributed by atoms with van der Waals surface area (Å²) < 4.78 is 17.6. The Morgan fingerprint density at radius 2 is 1.92 bits per heavy atom. The fourth-order valence-electron chi connectivity index (χ4n) is 0.781. The van der Waals surface area contributed by atoms with Gasteiger partial charge in [0.1, 0.15) is 0 Å². The molecule has 0 aromatic heterocycles. The van der Waals surface area contributed by atoms with Crippen molar-refractivity contribution >= 4 is 11.3 Å². The minimum Gasteiger partial charge on any atom is -0.760 e. The molecular formula is C9H12NO2S-. The number of nitrogens with two attached hydrogens (primary N) is 1. The average molecular weight is 198 g/mol. The predicted molar refractivity (Wildman–Crippen MR) is 53.5 cm³/mol. The normalized spacial score (nSPS) is 10.9. The van der Waals surface area contributed by atoms with Crippen molar-refractivity contribution in [2.75, 3.05) is 0 Å². The maximum absolute atomic E-state index is 8.78. The van der Waals surface area contributed by atoms with Crippen molar-refractivity contribution in [1.82, 2.24) is 0 Å². The van der Waals surface area contributed by atoms with Gasteiger partial charge in [0.15, 0.2) is 0 Å². The minimum atomic E-state index is -2.36. The third kappa shape index (κ3) is 8.94. The molecule has 72 valence electrons. The van der Waals surface area contributed by atoms with Gasteiger partial charge in [0.25, 0.3) is 0 Å². The van der Waals surface area contributed by atoms with Gasteiger partial charge in [0.2, 0.25) is 0 Å². The molecule has 0 radical (unpaired) electrons. The van der Waals surface area contributed by atoms with Crippen LogP contribution in [0.4, 0.5) is 0 Å². The highest BCUT2D eigenvalue weighted by atomic mass is 32.2. The van der Waals surface area contributed by atoms with E-state index in [-0.39, 0.29) is 0 Å². The summed E-state index contributed by atoms with van der Waals surface area (Å²) in [5, 5.41) is 4.03. The summed E-state index contributed by atoms with van der Waals surface area (Å²) >= 11 is -2.36. The molecule has 0 fully saturated rings. The predicted octanol–water partition coefficient (Wildman–Crippen LogP) is 1.15. The second-order valence-corrected chi connectivity index (χ2v) is 2.76. The molecule has 0 aliphatic rings. The van der Waals surface area contributed by atoms with Gasteiger partial charge < -0.3 is 4.55 Å². The van der Waals surface area contributed by atoms with Crippen molar-refractivity contribution in [1.29, 1.82) is 0 Å². The van der Waals surface area contributed by atoms with Crippen molar-refractivity contribution in [3.63, 3.8) is 0 Å². The van der Waals surface area contributed by atoms with E-state index < -0.39 is 11.3 Å². The fraction of sp³-hybridized carbons (Fsp3) is 0.111. The summed E-state index contributed by atoms with van der Waals surface area (Å²) in [6.07, 6.45) is 2.89. The van der Waals surface area contributed by atoms with Crippen LogP contribution in [0.15, 0.2) is 43.0 Å². The van der Waals surface area contributed by atoms with Crippen LogP contribution in [0.3, 0.4) is 0 Å². The second-order valence-electron chi connectivity index (χ2n) is 2.24. The van der Waals surface area contributed by atoms with Crippen LogP contribution in [-0.4, -0.2) is 8.76 Å². The number of benzene rings is 1. The van der Waals surface area contributed by atoms with Gasteiger partial charge >= 0.3 is 0 Å². The maximum atomic E-state index is 8.78. The van der Waals surface area contributed by atoms with Gasteiger partial charge in [-0.05, 0) is 12.0 Å². The van der Waals surface area contributed by atoms with E-state index in [2.05, 4.69) is 23.9 Å². The lowest BCUT2D eigenvalue weighted by atomic mass is 10.2. The van der Waals surface area contributed by atoms with Gasteiger partial charge in [-0.3, -0.25) is 9.35 Å².